The fourth-order valence-corrected chi connectivity index (χ4v) is 2.79. The zero-order chi connectivity index (χ0) is 15.4. The third-order valence-electron chi connectivity index (χ3n) is 4.03. The standard InChI is InChI=1S/C17H22N2O3/c1-20-16-8-14(9-17(10-16)21-2)19-6-5-13(12-19)18-11-15-4-3-7-22-15/h3-4,7-10,13,18H,5-6,11-12H2,1-2H3/t13-/m0/s1. The minimum Gasteiger partial charge on any atom is -0.497 e. The van der Waals surface area contributed by atoms with Crippen LogP contribution in [0.1, 0.15) is 12.2 Å². The first kappa shape index (κ1) is 14.8. The van der Waals surface area contributed by atoms with Crippen molar-refractivity contribution in [2.75, 3.05) is 32.2 Å². The summed E-state index contributed by atoms with van der Waals surface area (Å²) >= 11 is 0. The molecule has 1 atom stereocenters. The zero-order valence-electron chi connectivity index (χ0n) is 13.0. The molecule has 1 aliphatic heterocycles. The number of nitrogens with zero attached hydrogens (tertiary/aromatic N) is 1. The maximum Gasteiger partial charge on any atom is 0.124 e. The van der Waals surface area contributed by atoms with Crippen LogP contribution in [0, 0.1) is 0 Å². The van der Waals surface area contributed by atoms with E-state index >= 15 is 0 Å². The van der Waals surface area contributed by atoms with Crippen LogP contribution in [0.25, 0.3) is 0 Å². The van der Waals surface area contributed by atoms with E-state index in [1.165, 1.54) is 0 Å². The molecule has 5 nitrogen and oxygen atoms in total. The fourth-order valence-electron chi connectivity index (χ4n) is 2.79. The molecular formula is C17H22N2O3. The average Bonchev–Trinajstić information content (AvgIpc) is 3.23. The van der Waals surface area contributed by atoms with Crippen LogP contribution < -0.4 is 19.7 Å². The lowest BCUT2D eigenvalue weighted by Gasteiger charge is -2.20. The van der Waals surface area contributed by atoms with Crippen molar-refractivity contribution < 1.29 is 13.9 Å². The Morgan fingerprint density at radius 3 is 2.64 bits per heavy atom. The minimum atomic E-state index is 0.460. The van der Waals surface area contributed by atoms with Crippen molar-refractivity contribution in [3.63, 3.8) is 0 Å². The lowest BCUT2D eigenvalue weighted by molar-refractivity contribution is 0.394. The summed E-state index contributed by atoms with van der Waals surface area (Å²) < 4.78 is 16.0. The first-order chi connectivity index (χ1) is 10.8. The van der Waals surface area contributed by atoms with E-state index in [1.807, 2.05) is 18.2 Å². The number of furan rings is 1. The number of hydrogen-bond acceptors (Lipinski definition) is 5. The Labute approximate surface area is 130 Å². The molecule has 5 heteroatoms. The molecule has 1 N–H and O–H groups in total. The lowest BCUT2D eigenvalue weighted by atomic mass is 10.2. The molecule has 1 saturated heterocycles. The molecule has 0 radical (unpaired) electrons. The molecule has 0 bridgehead atoms. The van der Waals surface area contributed by atoms with Crippen LogP contribution in [0.15, 0.2) is 41.0 Å². The number of nitrogens with one attached hydrogen (secondary N) is 1. The van der Waals surface area contributed by atoms with Gasteiger partial charge in [0.05, 0.1) is 27.0 Å². The van der Waals surface area contributed by atoms with Gasteiger partial charge in [0.2, 0.25) is 0 Å². The molecular weight excluding hydrogens is 280 g/mol. The highest BCUT2D eigenvalue weighted by Gasteiger charge is 2.23. The van der Waals surface area contributed by atoms with Crippen molar-refractivity contribution in [2.24, 2.45) is 0 Å². The predicted molar refractivity (Wildman–Crippen MR) is 85.7 cm³/mol. The molecule has 22 heavy (non-hydrogen) atoms. The van der Waals surface area contributed by atoms with Crippen LogP contribution in [-0.4, -0.2) is 33.4 Å². The second-order valence-corrected chi connectivity index (χ2v) is 5.46. The van der Waals surface area contributed by atoms with Crippen LogP contribution in [-0.2, 0) is 6.54 Å². The van der Waals surface area contributed by atoms with Gasteiger partial charge in [-0.05, 0) is 18.6 Å². The summed E-state index contributed by atoms with van der Waals surface area (Å²) in [5, 5.41) is 3.54. The van der Waals surface area contributed by atoms with Gasteiger partial charge < -0.3 is 24.1 Å². The Balaban J connectivity index is 1.62. The highest BCUT2D eigenvalue weighted by molar-refractivity contribution is 5.56. The molecule has 2 aromatic rings. The lowest BCUT2D eigenvalue weighted by Crippen LogP contribution is -2.32. The average molecular weight is 302 g/mol. The summed E-state index contributed by atoms with van der Waals surface area (Å²) in [6.07, 6.45) is 2.82. The van der Waals surface area contributed by atoms with Gasteiger partial charge in [0.25, 0.3) is 0 Å². The topological polar surface area (TPSA) is 46.9 Å². The van der Waals surface area contributed by atoms with E-state index in [-0.39, 0.29) is 0 Å². The van der Waals surface area contributed by atoms with Crippen LogP contribution in [0.3, 0.4) is 0 Å². The van der Waals surface area contributed by atoms with Gasteiger partial charge in [0.15, 0.2) is 0 Å². The van der Waals surface area contributed by atoms with E-state index in [0.29, 0.717) is 6.04 Å². The second-order valence-electron chi connectivity index (χ2n) is 5.46. The molecule has 0 saturated carbocycles. The molecule has 118 valence electrons. The number of anilines is 1. The summed E-state index contributed by atoms with van der Waals surface area (Å²) in [7, 11) is 3.35. The fraction of sp³-hybridized carbons (Fsp3) is 0.412. The van der Waals surface area contributed by atoms with E-state index < -0.39 is 0 Å². The van der Waals surface area contributed by atoms with Crippen molar-refractivity contribution >= 4 is 5.69 Å². The first-order valence-electron chi connectivity index (χ1n) is 7.52. The molecule has 1 aliphatic rings. The van der Waals surface area contributed by atoms with E-state index in [9.17, 15) is 0 Å². The summed E-state index contributed by atoms with van der Waals surface area (Å²) in [5.41, 5.74) is 1.14. The highest BCUT2D eigenvalue weighted by atomic mass is 16.5. The molecule has 0 aliphatic carbocycles. The van der Waals surface area contributed by atoms with Gasteiger partial charge in [-0.25, -0.2) is 0 Å². The quantitative estimate of drug-likeness (QED) is 0.889. The Bertz CT molecular complexity index is 576. The van der Waals surface area contributed by atoms with Gasteiger partial charge >= 0.3 is 0 Å². The second kappa shape index (κ2) is 6.75. The van der Waals surface area contributed by atoms with E-state index in [0.717, 1.165) is 49.0 Å². The minimum absolute atomic E-state index is 0.460. The number of ether oxygens (including phenoxy) is 2. The summed E-state index contributed by atoms with van der Waals surface area (Å²) in [6, 6.07) is 10.4. The molecule has 0 unspecified atom stereocenters. The van der Waals surface area contributed by atoms with Gasteiger partial charge in [-0.3, -0.25) is 0 Å². The third kappa shape index (κ3) is 3.36. The SMILES string of the molecule is COc1cc(OC)cc(N2CC[C@H](NCc3ccco3)C2)c1. The number of hydrogen-bond donors (Lipinski definition) is 1. The Morgan fingerprint density at radius 1 is 1.23 bits per heavy atom. The Morgan fingerprint density at radius 2 is 2.00 bits per heavy atom. The normalized spacial score (nSPS) is 17.7. The Kier molecular flexibility index (Phi) is 4.53. The number of benzene rings is 1. The third-order valence-corrected chi connectivity index (χ3v) is 4.03. The number of rotatable bonds is 6. The first-order valence-corrected chi connectivity index (χ1v) is 7.52. The van der Waals surface area contributed by atoms with Crippen molar-refractivity contribution in [2.45, 2.75) is 19.0 Å². The molecule has 2 heterocycles. The molecule has 1 fully saturated rings. The van der Waals surface area contributed by atoms with E-state index in [1.54, 1.807) is 20.5 Å². The Hall–Kier alpha value is -2.14. The van der Waals surface area contributed by atoms with Gasteiger partial charge in [0.1, 0.15) is 17.3 Å². The molecule has 0 spiro atoms. The van der Waals surface area contributed by atoms with Crippen molar-refractivity contribution in [1.29, 1.82) is 0 Å². The molecule has 0 amide bonds. The molecule has 3 rings (SSSR count). The largest absolute Gasteiger partial charge is 0.497 e. The van der Waals surface area contributed by atoms with Crippen LogP contribution in [0.5, 0.6) is 11.5 Å². The molecule has 1 aromatic heterocycles. The monoisotopic (exact) mass is 302 g/mol. The molecule has 1 aromatic carbocycles. The maximum absolute atomic E-state index is 5.36. The highest BCUT2D eigenvalue weighted by Crippen LogP contribution is 2.30. The summed E-state index contributed by atoms with van der Waals surface area (Å²) in [4.78, 5) is 2.35. The van der Waals surface area contributed by atoms with Crippen LogP contribution >= 0.6 is 0 Å². The number of methoxy groups -OCH3 is 2. The van der Waals surface area contributed by atoms with E-state index in [2.05, 4.69) is 22.3 Å². The van der Waals surface area contributed by atoms with Gasteiger partial charge in [-0.1, -0.05) is 0 Å². The van der Waals surface area contributed by atoms with Gasteiger partial charge in [0, 0.05) is 43.0 Å². The van der Waals surface area contributed by atoms with Crippen molar-refractivity contribution in [1.82, 2.24) is 5.32 Å². The summed E-state index contributed by atoms with van der Waals surface area (Å²) in [6.45, 7) is 2.76. The van der Waals surface area contributed by atoms with Crippen LogP contribution in [0.2, 0.25) is 0 Å². The van der Waals surface area contributed by atoms with Gasteiger partial charge in [-0.2, -0.15) is 0 Å². The maximum atomic E-state index is 5.36. The van der Waals surface area contributed by atoms with Crippen LogP contribution in [0.4, 0.5) is 5.69 Å². The zero-order valence-corrected chi connectivity index (χ0v) is 13.0. The van der Waals surface area contributed by atoms with E-state index in [4.69, 9.17) is 13.9 Å². The van der Waals surface area contributed by atoms with Crippen molar-refractivity contribution in [3.05, 3.63) is 42.4 Å². The smallest absolute Gasteiger partial charge is 0.124 e. The van der Waals surface area contributed by atoms with Gasteiger partial charge in [-0.15, -0.1) is 0 Å². The predicted octanol–water partition coefficient (Wildman–Crippen LogP) is 2.67. The van der Waals surface area contributed by atoms with Crippen molar-refractivity contribution in [3.8, 4) is 11.5 Å². The summed E-state index contributed by atoms with van der Waals surface area (Å²) in [5.74, 6) is 2.61.